The molecule has 0 amide bonds. The van der Waals surface area contributed by atoms with E-state index in [9.17, 15) is 14.4 Å². The Balaban J connectivity index is 2.61. The molecule has 0 radical (unpaired) electrons. The molecule has 0 aliphatic heterocycles. The summed E-state index contributed by atoms with van der Waals surface area (Å²) in [6, 6.07) is 8.70. The van der Waals surface area contributed by atoms with Crippen LogP contribution in [0, 0.1) is 5.92 Å². The van der Waals surface area contributed by atoms with Crippen LogP contribution in [0.15, 0.2) is 30.3 Å². The van der Waals surface area contributed by atoms with Gasteiger partial charge in [-0.3, -0.25) is 9.59 Å². The van der Waals surface area contributed by atoms with Crippen LogP contribution in [0.1, 0.15) is 30.6 Å². The fraction of sp³-hybridized carbons (Fsp3) is 0.357. The summed E-state index contributed by atoms with van der Waals surface area (Å²) in [5.41, 5.74) is 0.543. The second-order valence-corrected chi connectivity index (χ2v) is 3.98. The summed E-state index contributed by atoms with van der Waals surface area (Å²) in [5.74, 6) is -2.20. The van der Waals surface area contributed by atoms with Crippen molar-refractivity contribution in [1.82, 2.24) is 0 Å². The van der Waals surface area contributed by atoms with Gasteiger partial charge in [-0.25, -0.2) is 4.79 Å². The van der Waals surface area contributed by atoms with Crippen molar-refractivity contribution >= 4 is 17.5 Å². The molecule has 0 N–H and O–H groups in total. The van der Waals surface area contributed by atoms with Crippen LogP contribution < -0.4 is 0 Å². The summed E-state index contributed by atoms with van der Waals surface area (Å²) in [4.78, 5) is 34.6. The van der Waals surface area contributed by atoms with E-state index in [2.05, 4.69) is 4.74 Å². The topological polar surface area (TPSA) is 60.4 Å². The molecule has 0 aliphatic rings. The van der Waals surface area contributed by atoms with Crippen LogP contribution in [0.25, 0.3) is 0 Å². The number of hydrogen-bond acceptors (Lipinski definition) is 4. The van der Waals surface area contributed by atoms with E-state index in [4.69, 9.17) is 0 Å². The van der Waals surface area contributed by atoms with Crippen LogP contribution in [0.2, 0.25) is 0 Å². The highest BCUT2D eigenvalue weighted by atomic mass is 16.5. The molecule has 1 rings (SSSR count). The van der Waals surface area contributed by atoms with Crippen molar-refractivity contribution < 1.29 is 19.1 Å². The van der Waals surface area contributed by atoms with Crippen LogP contribution in [0.4, 0.5) is 0 Å². The molecule has 0 saturated heterocycles. The van der Waals surface area contributed by atoms with Gasteiger partial charge in [-0.1, -0.05) is 37.3 Å². The molecular formula is C14H16O4. The van der Waals surface area contributed by atoms with Gasteiger partial charge in [0, 0.05) is 17.9 Å². The molecule has 0 fully saturated rings. The van der Waals surface area contributed by atoms with Gasteiger partial charge in [0.15, 0.2) is 5.78 Å². The molecule has 0 aliphatic carbocycles. The van der Waals surface area contributed by atoms with Gasteiger partial charge < -0.3 is 4.74 Å². The minimum atomic E-state index is -0.870. The Labute approximate surface area is 106 Å². The third kappa shape index (κ3) is 3.80. The first-order chi connectivity index (χ1) is 8.56. The van der Waals surface area contributed by atoms with Gasteiger partial charge in [0.2, 0.25) is 5.78 Å². The summed E-state index contributed by atoms with van der Waals surface area (Å²) >= 11 is 0. The second-order valence-electron chi connectivity index (χ2n) is 3.98. The molecule has 0 bridgehead atoms. The van der Waals surface area contributed by atoms with Gasteiger partial charge in [-0.2, -0.15) is 0 Å². The SMILES string of the molecule is CCOC(=O)C(=O)CC(C)C(=O)c1ccccc1. The fourth-order valence-electron chi connectivity index (χ4n) is 1.55. The minimum absolute atomic E-state index is 0.118. The number of ether oxygens (including phenoxy) is 1. The molecule has 1 unspecified atom stereocenters. The van der Waals surface area contributed by atoms with Gasteiger partial charge >= 0.3 is 5.97 Å². The maximum atomic E-state index is 12.0. The number of Topliss-reactive ketones (excluding diaryl/α,β-unsaturated/α-hetero) is 2. The lowest BCUT2D eigenvalue weighted by Crippen LogP contribution is -2.23. The average molecular weight is 248 g/mol. The summed E-state index contributed by atoms with van der Waals surface area (Å²) in [6.45, 7) is 3.42. The Morgan fingerprint density at radius 2 is 1.78 bits per heavy atom. The van der Waals surface area contributed by atoms with Crippen molar-refractivity contribution in [3.8, 4) is 0 Å². The van der Waals surface area contributed by atoms with Crippen LogP contribution in [-0.4, -0.2) is 24.1 Å². The normalized spacial score (nSPS) is 11.7. The predicted octanol–water partition coefficient (Wildman–Crippen LogP) is 2.03. The van der Waals surface area contributed by atoms with Crippen LogP contribution in [0.3, 0.4) is 0 Å². The molecule has 0 saturated carbocycles. The molecule has 1 aromatic rings. The molecule has 0 spiro atoms. The van der Waals surface area contributed by atoms with E-state index >= 15 is 0 Å². The first-order valence-electron chi connectivity index (χ1n) is 5.85. The van der Waals surface area contributed by atoms with Crippen molar-refractivity contribution in [2.45, 2.75) is 20.3 Å². The molecule has 1 atom stereocenters. The summed E-state index contributed by atoms with van der Waals surface area (Å²) < 4.78 is 4.59. The number of ketones is 2. The van der Waals surface area contributed by atoms with E-state index in [1.165, 1.54) is 0 Å². The molecule has 96 valence electrons. The molecule has 18 heavy (non-hydrogen) atoms. The van der Waals surface area contributed by atoms with Crippen LogP contribution >= 0.6 is 0 Å². The van der Waals surface area contributed by atoms with Crippen LogP contribution in [0.5, 0.6) is 0 Å². The van der Waals surface area contributed by atoms with E-state index in [1.807, 2.05) is 6.07 Å². The zero-order valence-corrected chi connectivity index (χ0v) is 10.5. The zero-order chi connectivity index (χ0) is 13.5. The lowest BCUT2D eigenvalue weighted by atomic mass is 9.95. The molecular weight excluding hydrogens is 232 g/mol. The Morgan fingerprint density at radius 1 is 1.17 bits per heavy atom. The highest BCUT2D eigenvalue weighted by molar-refractivity contribution is 6.34. The van der Waals surface area contributed by atoms with E-state index in [0.29, 0.717) is 5.56 Å². The molecule has 1 aromatic carbocycles. The van der Waals surface area contributed by atoms with Gasteiger partial charge in [-0.15, -0.1) is 0 Å². The molecule has 0 heterocycles. The Hall–Kier alpha value is -1.97. The summed E-state index contributed by atoms with van der Waals surface area (Å²) in [5, 5.41) is 0. The van der Waals surface area contributed by atoms with Crippen molar-refractivity contribution in [3.63, 3.8) is 0 Å². The molecule has 4 heteroatoms. The number of rotatable bonds is 6. The lowest BCUT2D eigenvalue weighted by molar-refractivity contribution is -0.153. The Morgan fingerprint density at radius 3 is 2.33 bits per heavy atom. The van der Waals surface area contributed by atoms with Crippen molar-refractivity contribution in [2.24, 2.45) is 5.92 Å². The smallest absolute Gasteiger partial charge is 0.374 e. The van der Waals surface area contributed by atoms with Gasteiger partial charge in [0.05, 0.1) is 6.61 Å². The second kappa shape index (κ2) is 6.69. The van der Waals surface area contributed by atoms with Gasteiger partial charge in [0.1, 0.15) is 0 Å². The van der Waals surface area contributed by atoms with Crippen molar-refractivity contribution in [3.05, 3.63) is 35.9 Å². The Bertz CT molecular complexity index is 436. The Kier molecular flexibility index (Phi) is 5.24. The van der Waals surface area contributed by atoms with Gasteiger partial charge in [0.25, 0.3) is 0 Å². The van der Waals surface area contributed by atoms with Gasteiger partial charge in [-0.05, 0) is 6.92 Å². The first-order valence-corrected chi connectivity index (χ1v) is 5.85. The standard InChI is InChI=1S/C14H16O4/c1-3-18-14(17)12(15)9-10(2)13(16)11-7-5-4-6-8-11/h4-8,10H,3,9H2,1-2H3. The number of carbonyl (C=O) groups excluding carboxylic acids is 3. The highest BCUT2D eigenvalue weighted by Gasteiger charge is 2.23. The fourth-order valence-corrected chi connectivity index (χ4v) is 1.55. The van der Waals surface area contributed by atoms with Crippen molar-refractivity contribution in [2.75, 3.05) is 6.61 Å². The monoisotopic (exact) mass is 248 g/mol. The number of carbonyl (C=O) groups is 3. The largest absolute Gasteiger partial charge is 0.460 e. The third-order valence-electron chi connectivity index (χ3n) is 2.50. The number of esters is 1. The zero-order valence-electron chi connectivity index (χ0n) is 10.5. The van der Waals surface area contributed by atoms with Crippen molar-refractivity contribution in [1.29, 1.82) is 0 Å². The maximum absolute atomic E-state index is 12.0. The predicted molar refractivity (Wildman–Crippen MR) is 66.2 cm³/mol. The maximum Gasteiger partial charge on any atom is 0.374 e. The van der Waals surface area contributed by atoms with Crippen LogP contribution in [-0.2, 0) is 14.3 Å². The van der Waals surface area contributed by atoms with E-state index in [-0.39, 0.29) is 18.8 Å². The number of benzene rings is 1. The van der Waals surface area contributed by atoms with E-state index in [0.717, 1.165) is 0 Å². The molecule has 4 nitrogen and oxygen atoms in total. The summed E-state index contributed by atoms with van der Waals surface area (Å²) in [7, 11) is 0. The lowest BCUT2D eigenvalue weighted by Gasteiger charge is -2.09. The molecule has 0 aromatic heterocycles. The quantitative estimate of drug-likeness (QED) is 0.439. The highest BCUT2D eigenvalue weighted by Crippen LogP contribution is 2.12. The summed E-state index contributed by atoms with van der Waals surface area (Å²) in [6.07, 6.45) is -0.118. The first kappa shape index (κ1) is 14.1. The minimum Gasteiger partial charge on any atom is -0.460 e. The van der Waals surface area contributed by atoms with E-state index in [1.54, 1.807) is 38.1 Å². The van der Waals surface area contributed by atoms with E-state index < -0.39 is 17.7 Å². The third-order valence-corrected chi connectivity index (χ3v) is 2.50. The average Bonchev–Trinajstić information content (AvgIpc) is 2.39. The number of hydrogen-bond donors (Lipinski definition) is 0.